The summed E-state index contributed by atoms with van der Waals surface area (Å²) < 4.78 is 0. The zero-order valence-corrected chi connectivity index (χ0v) is 13.4. The molecule has 0 aliphatic carbocycles. The molecular formula is C17H24ClN3. The van der Waals surface area contributed by atoms with Gasteiger partial charge in [0.05, 0.1) is 5.52 Å². The van der Waals surface area contributed by atoms with Crippen LogP contribution in [0.1, 0.15) is 25.3 Å². The summed E-state index contributed by atoms with van der Waals surface area (Å²) in [6.07, 6.45) is 4.41. The van der Waals surface area contributed by atoms with Crippen LogP contribution < -0.4 is 5.32 Å². The van der Waals surface area contributed by atoms with Gasteiger partial charge in [0, 0.05) is 43.8 Å². The van der Waals surface area contributed by atoms with Crippen LogP contribution in [0.3, 0.4) is 0 Å². The first-order chi connectivity index (χ1) is 9.88. The quantitative estimate of drug-likeness (QED) is 0.940. The summed E-state index contributed by atoms with van der Waals surface area (Å²) in [4.78, 5) is 7.19. The molecule has 0 radical (unpaired) electrons. The number of rotatable bonds is 4. The highest BCUT2D eigenvalue weighted by Crippen LogP contribution is 2.20. The predicted molar refractivity (Wildman–Crippen MR) is 91.0 cm³/mol. The Labute approximate surface area is 133 Å². The predicted octanol–water partition coefficient (Wildman–Crippen LogP) is 3.23. The molecule has 1 saturated heterocycles. The molecule has 4 heteroatoms. The Balaban J connectivity index is 0.00000161. The number of piperazine rings is 1. The van der Waals surface area contributed by atoms with Crippen molar-refractivity contribution in [2.45, 2.75) is 32.4 Å². The molecule has 2 aromatic rings. The average Bonchev–Trinajstić information content (AvgIpc) is 2.50. The van der Waals surface area contributed by atoms with E-state index in [0.29, 0.717) is 6.04 Å². The normalized spacial score (nSPS) is 19.4. The largest absolute Gasteiger partial charge is 0.314 e. The molecule has 1 fully saturated rings. The lowest BCUT2D eigenvalue weighted by Crippen LogP contribution is -2.50. The summed E-state index contributed by atoms with van der Waals surface area (Å²) in [5.41, 5.74) is 2.51. The molecule has 21 heavy (non-hydrogen) atoms. The number of halogens is 1. The number of aromatic nitrogens is 1. The summed E-state index contributed by atoms with van der Waals surface area (Å²) in [5.74, 6) is 0. The number of para-hydroxylation sites is 1. The van der Waals surface area contributed by atoms with Crippen molar-refractivity contribution < 1.29 is 0 Å². The summed E-state index contributed by atoms with van der Waals surface area (Å²) >= 11 is 0. The van der Waals surface area contributed by atoms with Gasteiger partial charge in [0.1, 0.15) is 0 Å². The number of fused-ring (bicyclic) bond motifs is 1. The van der Waals surface area contributed by atoms with E-state index >= 15 is 0 Å². The second kappa shape index (κ2) is 7.74. The second-order valence-corrected chi connectivity index (χ2v) is 5.61. The Kier molecular flexibility index (Phi) is 5.97. The van der Waals surface area contributed by atoms with Crippen LogP contribution in [0.25, 0.3) is 10.9 Å². The van der Waals surface area contributed by atoms with Crippen LogP contribution in [0.4, 0.5) is 0 Å². The summed E-state index contributed by atoms with van der Waals surface area (Å²) in [6, 6.07) is 11.3. The molecule has 3 rings (SSSR count). The van der Waals surface area contributed by atoms with Gasteiger partial charge in [0.2, 0.25) is 0 Å². The first-order valence-corrected chi connectivity index (χ1v) is 7.66. The third kappa shape index (κ3) is 3.73. The van der Waals surface area contributed by atoms with E-state index in [1.165, 1.54) is 23.8 Å². The number of pyridine rings is 1. The fourth-order valence-corrected chi connectivity index (χ4v) is 3.14. The van der Waals surface area contributed by atoms with Crippen LogP contribution in [0.5, 0.6) is 0 Å². The fraction of sp³-hybridized carbons (Fsp3) is 0.471. The third-order valence-electron chi connectivity index (χ3n) is 4.18. The number of benzene rings is 1. The molecule has 0 bridgehead atoms. The van der Waals surface area contributed by atoms with Gasteiger partial charge in [-0.1, -0.05) is 37.6 Å². The highest BCUT2D eigenvalue weighted by atomic mass is 35.5. The first kappa shape index (κ1) is 16.2. The highest BCUT2D eigenvalue weighted by molar-refractivity contribution is 5.85. The molecule has 1 aromatic heterocycles. The van der Waals surface area contributed by atoms with Gasteiger partial charge >= 0.3 is 0 Å². The molecule has 3 nitrogen and oxygen atoms in total. The lowest BCUT2D eigenvalue weighted by Gasteiger charge is -2.36. The van der Waals surface area contributed by atoms with Crippen molar-refractivity contribution in [2.75, 3.05) is 19.6 Å². The Morgan fingerprint density at radius 1 is 1.29 bits per heavy atom. The van der Waals surface area contributed by atoms with Crippen LogP contribution in [0.15, 0.2) is 36.5 Å². The second-order valence-electron chi connectivity index (χ2n) is 5.61. The molecule has 0 amide bonds. The molecule has 1 N–H and O–H groups in total. The SMILES string of the molecule is CCCC1CNCCN1Cc1cccc2cccnc12.Cl. The van der Waals surface area contributed by atoms with Crippen LogP contribution in [-0.4, -0.2) is 35.6 Å². The highest BCUT2D eigenvalue weighted by Gasteiger charge is 2.21. The molecular weight excluding hydrogens is 282 g/mol. The molecule has 1 unspecified atom stereocenters. The minimum absolute atomic E-state index is 0. The van der Waals surface area contributed by atoms with Gasteiger partial charge < -0.3 is 5.32 Å². The Morgan fingerprint density at radius 2 is 2.14 bits per heavy atom. The topological polar surface area (TPSA) is 28.2 Å². The maximum atomic E-state index is 4.58. The van der Waals surface area contributed by atoms with E-state index in [-0.39, 0.29) is 12.4 Å². The van der Waals surface area contributed by atoms with E-state index in [2.05, 4.69) is 46.4 Å². The lowest BCUT2D eigenvalue weighted by molar-refractivity contribution is 0.145. The minimum Gasteiger partial charge on any atom is -0.314 e. The monoisotopic (exact) mass is 305 g/mol. The fourth-order valence-electron chi connectivity index (χ4n) is 3.14. The summed E-state index contributed by atoms with van der Waals surface area (Å²) in [5, 5.41) is 4.76. The molecule has 0 saturated carbocycles. The molecule has 114 valence electrons. The van der Waals surface area contributed by atoms with E-state index in [1.54, 1.807) is 0 Å². The van der Waals surface area contributed by atoms with Crippen molar-refractivity contribution in [3.8, 4) is 0 Å². The lowest BCUT2D eigenvalue weighted by atomic mass is 10.0. The number of nitrogens with one attached hydrogen (secondary N) is 1. The van der Waals surface area contributed by atoms with E-state index in [4.69, 9.17) is 0 Å². The summed E-state index contributed by atoms with van der Waals surface area (Å²) in [6.45, 7) is 6.63. The smallest absolute Gasteiger partial charge is 0.0746 e. The van der Waals surface area contributed by atoms with Crippen molar-refractivity contribution >= 4 is 23.3 Å². The van der Waals surface area contributed by atoms with Crippen molar-refractivity contribution in [2.24, 2.45) is 0 Å². The van der Waals surface area contributed by atoms with Gasteiger partial charge in [-0.15, -0.1) is 12.4 Å². The van der Waals surface area contributed by atoms with Crippen molar-refractivity contribution in [1.29, 1.82) is 0 Å². The van der Waals surface area contributed by atoms with E-state index in [0.717, 1.165) is 31.7 Å². The number of hydrogen-bond donors (Lipinski definition) is 1. The zero-order chi connectivity index (χ0) is 13.8. The van der Waals surface area contributed by atoms with Crippen LogP contribution >= 0.6 is 12.4 Å². The first-order valence-electron chi connectivity index (χ1n) is 7.66. The molecule has 2 heterocycles. The molecule has 0 spiro atoms. The Hall–Kier alpha value is -1.16. The number of hydrogen-bond acceptors (Lipinski definition) is 3. The van der Waals surface area contributed by atoms with Gasteiger partial charge in [-0.25, -0.2) is 0 Å². The Bertz CT molecular complexity index is 565. The van der Waals surface area contributed by atoms with E-state index in [1.807, 2.05) is 12.3 Å². The Morgan fingerprint density at radius 3 is 3.00 bits per heavy atom. The third-order valence-corrected chi connectivity index (χ3v) is 4.18. The average molecular weight is 306 g/mol. The maximum absolute atomic E-state index is 4.58. The minimum atomic E-state index is 0. The van der Waals surface area contributed by atoms with Gasteiger partial charge in [-0.05, 0) is 18.1 Å². The zero-order valence-electron chi connectivity index (χ0n) is 12.6. The standard InChI is InChI=1S/C17H23N3.ClH/c1-2-5-16-12-18-10-11-20(16)13-15-7-3-6-14-8-4-9-19-17(14)15;/h3-4,6-9,16,18H,2,5,10-13H2,1H3;1H. The van der Waals surface area contributed by atoms with Gasteiger partial charge in [0.15, 0.2) is 0 Å². The van der Waals surface area contributed by atoms with Crippen molar-refractivity contribution in [1.82, 2.24) is 15.2 Å². The molecule has 1 aliphatic rings. The van der Waals surface area contributed by atoms with Gasteiger partial charge in [-0.2, -0.15) is 0 Å². The molecule has 1 aliphatic heterocycles. The summed E-state index contributed by atoms with van der Waals surface area (Å²) in [7, 11) is 0. The van der Waals surface area contributed by atoms with Crippen LogP contribution in [0, 0.1) is 0 Å². The van der Waals surface area contributed by atoms with Crippen molar-refractivity contribution in [3.63, 3.8) is 0 Å². The molecule has 1 atom stereocenters. The van der Waals surface area contributed by atoms with Crippen LogP contribution in [0.2, 0.25) is 0 Å². The number of nitrogens with zero attached hydrogens (tertiary/aromatic N) is 2. The van der Waals surface area contributed by atoms with E-state index in [9.17, 15) is 0 Å². The van der Waals surface area contributed by atoms with E-state index < -0.39 is 0 Å². The maximum Gasteiger partial charge on any atom is 0.0746 e. The van der Waals surface area contributed by atoms with Gasteiger partial charge in [-0.3, -0.25) is 9.88 Å². The van der Waals surface area contributed by atoms with Crippen LogP contribution in [-0.2, 0) is 6.54 Å². The van der Waals surface area contributed by atoms with Crippen molar-refractivity contribution in [3.05, 3.63) is 42.1 Å². The molecule has 1 aromatic carbocycles. The van der Waals surface area contributed by atoms with Gasteiger partial charge in [0.25, 0.3) is 0 Å².